The van der Waals surface area contributed by atoms with E-state index in [9.17, 15) is 0 Å². The molecule has 0 aromatic rings. The maximum absolute atomic E-state index is 5.22. The molecule has 1 aliphatic rings. The first kappa shape index (κ1) is 27.1. The first-order valence-corrected chi connectivity index (χ1v) is 11.6. The Labute approximate surface area is 173 Å². The third-order valence-corrected chi connectivity index (χ3v) is 9.96. The van der Waals surface area contributed by atoms with Gasteiger partial charge < -0.3 is 0 Å². The second-order valence-electron chi connectivity index (χ2n) is 7.14. The van der Waals surface area contributed by atoms with Gasteiger partial charge in [-0.1, -0.05) is 91.8 Å². The van der Waals surface area contributed by atoms with Crippen molar-refractivity contribution in [3.05, 3.63) is 48.2 Å². The van der Waals surface area contributed by atoms with Crippen LogP contribution in [0.5, 0.6) is 0 Å². The summed E-state index contributed by atoms with van der Waals surface area (Å²) in [6.07, 6.45) is 18.3. The molecule has 0 amide bonds. The van der Waals surface area contributed by atoms with Crippen LogP contribution in [0, 0.1) is 0 Å². The number of rotatable bonds is 7. The van der Waals surface area contributed by atoms with Gasteiger partial charge in [-0.25, -0.2) is 0 Å². The van der Waals surface area contributed by atoms with Crippen LogP contribution in [0.2, 0.25) is 0 Å². The first-order chi connectivity index (χ1) is 11.3. The molecule has 0 unspecified atom stereocenters. The van der Waals surface area contributed by atoms with Crippen LogP contribution in [-0.2, 0) is 21.7 Å². The van der Waals surface area contributed by atoms with Crippen molar-refractivity contribution in [2.75, 3.05) is 0 Å². The van der Waals surface area contributed by atoms with Crippen LogP contribution in [0.3, 0.4) is 0 Å². The number of hydrogen-bond donors (Lipinski definition) is 0. The Morgan fingerprint density at radius 2 is 1.36 bits per heavy atom. The van der Waals surface area contributed by atoms with E-state index in [1.165, 1.54) is 5.70 Å². The molecular formula is C22H40NPTi. The molecule has 3 heteroatoms. The molecule has 0 N–H and O–H groups in total. The van der Waals surface area contributed by atoms with Gasteiger partial charge in [0.15, 0.2) is 0 Å². The Bertz CT molecular complexity index is 468. The van der Waals surface area contributed by atoms with Gasteiger partial charge >= 0.3 is 0 Å². The maximum atomic E-state index is 5.22. The zero-order chi connectivity index (χ0) is 18.6. The van der Waals surface area contributed by atoms with Crippen molar-refractivity contribution >= 4 is 7.05 Å². The molecule has 0 spiro atoms. The predicted octanol–water partition coefficient (Wildman–Crippen LogP) is 8.17. The summed E-state index contributed by atoms with van der Waals surface area (Å²) in [5.74, 6) is 0. The number of allylic oxidation sites excluding steroid dienone is 7. The van der Waals surface area contributed by atoms with Crippen LogP contribution in [0.25, 0.3) is 0 Å². The summed E-state index contributed by atoms with van der Waals surface area (Å²) >= 11 is 0. The molecule has 0 radical (unpaired) electrons. The average molecular weight is 397 g/mol. The van der Waals surface area contributed by atoms with Gasteiger partial charge in [-0.3, -0.25) is 4.74 Å². The minimum Gasteiger partial charge on any atom is -0.271 e. The van der Waals surface area contributed by atoms with Gasteiger partial charge in [0, 0.05) is 33.8 Å². The monoisotopic (exact) mass is 397 g/mol. The summed E-state index contributed by atoms with van der Waals surface area (Å²) in [4.78, 5) is 0. The molecule has 142 valence electrons. The third-order valence-electron chi connectivity index (χ3n) is 4.39. The summed E-state index contributed by atoms with van der Waals surface area (Å²) in [6.45, 7) is 18.4. The van der Waals surface area contributed by atoms with Crippen LogP contribution in [-0.4, -0.2) is 17.0 Å². The Morgan fingerprint density at radius 1 is 0.920 bits per heavy atom. The molecular weight excluding hydrogens is 357 g/mol. The molecule has 0 fully saturated rings. The molecule has 0 bridgehead atoms. The zero-order valence-corrected chi connectivity index (χ0v) is 20.2. The van der Waals surface area contributed by atoms with Crippen molar-refractivity contribution in [2.24, 2.45) is 4.74 Å². The Kier molecular flexibility index (Phi) is 16.3. The summed E-state index contributed by atoms with van der Waals surface area (Å²) in [6, 6.07) is 0. The molecule has 25 heavy (non-hydrogen) atoms. The second kappa shape index (κ2) is 15.0. The van der Waals surface area contributed by atoms with Gasteiger partial charge in [0.05, 0.1) is 0 Å². The van der Waals surface area contributed by atoms with Gasteiger partial charge in [0.25, 0.3) is 0 Å². The molecule has 0 aromatic carbocycles. The fraction of sp³-hybridized carbons (Fsp3) is 0.636. The fourth-order valence-electron chi connectivity index (χ4n) is 3.30. The van der Waals surface area contributed by atoms with Crippen molar-refractivity contribution in [1.29, 1.82) is 0 Å². The van der Waals surface area contributed by atoms with Gasteiger partial charge in [-0.15, -0.1) is 0 Å². The van der Waals surface area contributed by atoms with E-state index in [0.717, 1.165) is 19.3 Å². The molecule has 1 rings (SSSR count). The Hall–Kier alpha value is -0.0957. The van der Waals surface area contributed by atoms with E-state index in [2.05, 4.69) is 97.9 Å². The van der Waals surface area contributed by atoms with Crippen molar-refractivity contribution < 1.29 is 21.7 Å². The largest absolute Gasteiger partial charge is 0.271 e. The molecule has 0 aliphatic heterocycles. The summed E-state index contributed by atoms with van der Waals surface area (Å²) in [5, 5.41) is 0. The van der Waals surface area contributed by atoms with E-state index >= 15 is 0 Å². The smallest absolute Gasteiger partial charge is 0.0425 e. The summed E-state index contributed by atoms with van der Waals surface area (Å²) in [7, 11) is -1.24. The minimum absolute atomic E-state index is 0. The Morgan fingerprint density at radius 3 is 1.64 bits per heavy atom. The molecule has 0 aromatic heterocycles. The number of hydrogen-bond acceptors (Lipinski definition) is 1. The topological polar surface area (TPSA) is 12.4 Å². The van der Waals surface area contributed by atoms with E-state index < -0.39 is 7.05 Å². The minimum atomic E-state index is -1.24. The van der Waals surface area contributed by atoms with Crippen LogP contribution >= 0.6 is 7.05 Å². The summed E-state index contributed by atoms with van der Waals surface area (Å²) < 4.78 is 5.22. The van der Waals surface area contributed by atoms with Crippen molar-refractivity contribution in [1.82, 2.24) is 0 Å². The van der Waals surface area contributed by atoms with E-state index in [1.807, 2.05) is 0 Å². The zero-order valence-electron chi connectivity index (χ0n) is 17.8. The molecule has 1 aliphatic carbocycles. The van der Waals surface area contributed by atoms with E-state index in [-0.39, 0.29) is 21.7 Å². The van der Waals surface area contributed by atoms with Gasteiger partial charge in [0.2, 0.25) is 0 Å². The van der Waals surface area contributed by atoms with Crippen LogP contribution < -0.4 is 0 Å². The van der Waals surface area contributed by atoms with Crippen LogP contribution in [0.1, 0.15) is 74.7 Å². The van der Waals surface area contributed by atoms with E-state index in [0.29, 0.717) is 17.0 Å². The second-order valence-corrected chi connectivity index (χ2v) is 12.0. The van der Waals surface area contributed by atoms with Gasteiger partial charge in [-0.2, -0.15) is 0 Å². The van der Waals surface area contributed by atoms with E-state index in [4.69, 9.17) is 4.74 Å². The molecule has 1 nitrogen and oxygen atoms in total. The van der Waals surface area contributed by atoms with Crippen molar-refractivity contribution in [3.63, 3.8) is 0 Å². The predicted molar refractivity (Wildman–Crippen MR) is 115 cm³/mol. The molecule has 0 saturated carbocycles. The van der Waals surface area contributed by atoms with Crippen LogP contribution in [0.15, 0.2) is 53.0 Å². The normalized spacial score (nSPS) is 14.3. The summed E-state index contributed by atoms with van der Waals surface area (Å²) in [5.41, 5.74) is 3.36. The molecule has 0 atom stereocenters. The average Bonchev–Trinajstić information content (AvgIpc) is 3.02. The molecule has 0 heterocycles. The first-order valence-electron chi connectivity index (χ1n) is 9.61. The van der Waals surface area contributed by atoms with Gasteiger partial charge in [-0.05, 0) is 42.9 Å². The fourth-order valence-corrected chi connectivity index (χ4v) is 8.16. The Balaban J connectivity index is 0. The number of nitrogens with zero attached hydrogens (tertiary/aromatic N) is 1. The van der Waals surface area contributed by atoms with E-state index in [1.54, 1.807) is 0 Å². The SMILES string of the molecule is CC(C)P(=NC1=CC=CC1)(C(C)C)C(C)C.CCC=CC=CCC.[Ti]. The quantitative estimate of drug-likeness (QED) is 0.233. The van der Waals surface area contributed by atoms with Crippen LogP contribution in [0.4, 0.5) is 0 Å². The molecule has 0 saturated heterocycles. The van der Waals surface area contributed by atoms with Crippen molar-refractivity contribution in [3.8, 4) is 0 Å². The standard InChI is InChI=1S/C14H26NP.C8H14.Ti/c1-11(2)16(12(3)4,13(5)6)15-14-9-7-8-10-14;1-3-5-7-8-6-4-2;/h7-9,11-13H,10H2,1-6H3;5-8H,3-4H2,1-2H3;. The maximum Gasteiger partial charge on any atom is 0.0425 e. The third kappa shape index (κ3) is 9.41. The van der Waals surface area contributed by atoms with Gasteiger partial charge in [0.1, 0.15) is 0 Å². The van der Waals surface area contributed by atoms with Crippen molar-refractivity contribution in [2.45, 2.75) is 91.6 Å².